The molecule has 15 rings (SSSR count). The molecular formula is C68H49N5. The number of nitrogens with zero attached hydrogens (tertiary/aromatic N) is 5. The zero-order valence-corrected chi connectivity index (χ0v) is 40.7. The van der Waals surface area contributed by atoms with Crippen LogP contribution in [0.4, 0.5) is 11.4 Å². The third-order valence-electron chi connectivity index (χ3n) is 15.7. The lowest BCUT2D eigenvalue weighted by atomic mass is 9.93. The van der Waals surface area contributed by atoms with Crippen molar-refractivity contribution in [3.8, 4) is 17.1 Å². The van der Waals surface area contributed by atoms with E-state index in [1.54, 1.807) is 0 Å². The van der Waals surface area contributed by atoms with Gasteiger partial charge in [0.05, 0.1) is 50.4 Å². The summed E-state index contributed by atoms with van der Waals surface area (Å²) in [5.74, 6) is 0. The van der Waals surface area contributed by atoms with Gasteiger partial charge in [0.2, 0.25) is 0 Å². The van der Waals surface area contributed by atoms with Crippen LogP contribution in [0.5, 0.6) is 0 Å². The molecule has 1 aliphatic heterocycles. The number of aromatic nitrogens is 4. The van der Waals surface area contributed by atoms with Crippen molar-refractivity contribution in [2.24, 2.45) is 0 Å². The molecule has 346 valence electrons. The smallest absolute Gasteiger partial charge is 0.0641 e. The molecule has 73 heavy (non-hydrogen) atoms. The van der Waals surface area contributed by atoms with Crippen LogP contribution in [0.15, 0.2) is 231 Å². The first-order chi connectivity index (χ1) is 36.1. The van der Waals surface area contributed by atoms with Gasteiger partial charge in [0.25, 0.3) is 0 Å². The highest BCUT2D eigenvalue weighted by Crippen LogP contribution is 2.52. The molecule has 13 aromatic rings. The van der Waals surface area contributed by atoms with Crippen molar-refractivity contribution < 1.29 is 0 Å². The van der Waals surface area contributed by atoms with Crippen LogP contribution in [0.2, 0.25) is 0 Å². The van der Waals surface area contributed by atoms with E-state index in [0.29, 0.717) is 0 Å². The molecule has 0 amide bonds. The predicted octanol–water partition coefficient (Wildman–Crippen LogP) is 17.8. The highest BCUT2D eigenvalue weighted by molar-refractivity contribution is 6.27. The summed E-state index contributed by atoms with van der Waals surface area (Å²) in [6.45, 7) is 8.78. The second-order valence-corrected chi connectivity index (χ2v) is 19.7. The van der Waals surface area contributed by atoms with Crippen LogP contribution in [0, 0.1) is 0 Å². The molecule has 0 bridgehead atoms. The molecule has 1 aliphatic carbocycles. The van der Waals surface area contributed by atoms with Crippen molar-refractivity contribution in [2.45, 2.75) is 26.3 Å². The molecule has 4 aromatic heterocycles. The van der Waals surface area contributed by atoms with Crippen LogP contribution in [0.25, 0.3) is 116 Å². The zero-order chi connectivity index (χ0) is 48.5. The van der Waals surface area contributed by atoms with Gasteiger partial charge in [0, 0.05) is 83.0 Å². The Kier molecular flexibility index (Phi) is 9.00. The molecule has 1 unspecified atom stereocenters. The molecule has 5 heterocycles. The van der Waals surface area contributed by atoms with E-state index in [0.717, 1.165) is 34.8 Å². The number of hydrogen-bond donors (Lipinski definition) is 0. The quantitative estimate of drug-likeness (QED) is 0.156. The molecule has 0 N–H and O–H groups in total. The summed E-state index contributed by atoms with van der Waals surface area (Å²) in [5.41, 5.74) is 21.3. The van der Waals surface area contributed by atoms with Crippen LogP contribution in [0.3, 0.4) is 0 Å². The molecule has 0 spiro atoms. The fourth-order valence-electron chi connectivity index (χ4n) is 12.9. The number of benzene rings is 9. The highest BCUT2D eigenvalue weighted by atomic mass is 15.2. The van der Waals surface area contributed by atoms with Crippen molar-refractivity contribution in [2.75, 3.05) is 4.90 Å². The van der Waals surface area contributed by atoms with E-state index in [2.05, 4.69) is 274 Å². The number of anilines is 2. The monoisotopic (exact) mass is 935 g/mol. The Hall–Kier alpha value is -9.32. The Morgan fingerprint density at radius 2 is 1.00 bits per heavy atom. The first-order valence-electron chi connectivity index (χ1n) is 25.4. The van der Waals surface area contributed by atoms with Crippen LogP contribution in [-0.2, 0) is 0 Å². The number of para-hydroxylation sites is 6. The fraction of sp³-hybridized carbons (Fsp3) is 0.0588. The number of rotatable bonds is 7. The summed E-state index contributed by atoms with van der Waals surface area (Å²) in [5, 5.41) is 8.68. The van der Waals surface area contributed by atoms with Crippen LogP contribution < -0.4 is 4.90 Å². The van der Waals surface area contributed by atoms with Gasteiger partial charge in [0.1, 0.15) is 0 Å². The van der Waals surface area contributed by atoms with E-state index in [1.165, 1.54) is 110 Å². The summed E-state index contributed by atoms with van der Waals surface area (Å²) < 4.78 is 9.93. The van der Waals surface area contributed by atoms with E-state index in [-0.39, 0.29) is 6.04 Å². The molecule has 9 aromatic carbocycles. The highest BCUT2D eigenvalue weighted by Gasteiger charge is 2.37. The van der Waals surface area contributed by atoms with Crippen molar-refractivity contribution in [3.05, 3.63) is 248 Å². The second kappa shape index (κ2) is 15.8. The number of fused-ring (bicyclic) bond motifs is 15. The minimum absolute atomic E-state index is 0.113. The van der Waals surface area contributed by atoms with Gasteiger partial charge >= 0.3 is 0 Å². The van der Waals surface area contributed by atoms with Crippen LogP contribution >= 0.6 is 0 Å². The molecule has 0 fully saturated rings. The lowest BCUT2D eigenvalue weighted by Gasteiger charge is -2.29. The van der Waals surface area contributed by atoms with Gasteiger partial charge in [-0.15, -0.1) is 0 Å². The molecule has 2 aliphatic rings. The van der Waals surface area contributed by atoms with Gasteiger partial charge < -0.3 is 23.2 Å². The van der Waals surface area contributed by atoms with Gasteiger partial charge in [-0.25, -0.2) is 0 Å². The number of allylic oxidation sites excluding steroid dienone is 4. The lowest BCUT2D eigenvalue weighted by Crippen LogP contribution is -2.27. The maximum Gasteiger partial charge on any atom is 0.0641 e. The Morgan fingerprint density at radius 3 is 1.62 bits per heavy atom. The average Bonchev–Trinajstić information content (AvgIpc) is 4.24. The Bertz CT molecular complexity index is 4550. The summed E-state index contributed by atoms with van der Waals surface area (Å²) >= 11 is 0. The average molecular weight is 936 g/mol. The maximum absolute atomic E-state index is 4.55. The summed E-state index contributed by atoms with van der Waals surface area (Å²) in [6, 6.07) is 76.0. The third kappa shape index (κ3) is 5.85. The van der Waals surface area contributed by atoms with Crippen LogP contribution in [0.1, 0.15) is 37.1 Å². The Labute approximate surface area is 423 Å². The first-order valence-corrected chi connectivity index (χ1v) is 25.4. The van der Waals surface area contributed by atoms with E-state index >= 15 is 0 Å². The van der Waals surface area contributed by atoms with Gasteiger partial charge in [-0.2, -0.15) is 0 Å². The first kappa shape index (κ1) is 41.5. The topological polar surface area (TPSA) is 23.0 Å². The van der Waals surface area contributed by atoms with Crippen molar-refractivity contribution >= 4 is 111 Å². The second-order valence-electron chi connectivity index (χ2n) is 19.7. The maximum atomic E-state index is 4.55. The molecule has 0 saturated carbocycles. The molecule has 1 atom stereocenters. The molecule has 0 saturated heterocycles. The van der Waals surface area contributed by atoms with Crippen LogP contribution in [-0.4, -0.2) is 24.3 Å². The van der Waals surface area contributed by atoms with E-state index in [1.807, 2.05) is 0 Å². The van der Waals surface area contributed by atoms with Gasteiger partial charge in [0.15, 0.2) is 0 Å². The summed E-state index contributed by atoms with van der Waals surface area (Å²) in [7, 11) is 0. The van der Waals surface area contributed by atoms with Crippen molar-refractivity contribution in [1.29, 1.82) is 0 Å². The lowest BCUT2D eigenvalue weighted by molar-refractivity contribution is 0.827. The molecular weight excluding hydrogens is 887 g/mol. The standard InChI is InChI=1S/C68H49N5/c1-4-20-50-52-36-40-63-65(68(52)73(66(50)43(2)3)46-25-12-7-13-26-46)54-29-16-19-32-59(54)71(63)47-33-37-60-55(41-47)56-42-48(34-38-61(56)69(60)44-21-8-5-9-22-44)72-57-30-17-14-27-49(57)51-35-39-62-64(67(51)72)53-28-15-18-31-58(53)70(62)45-23-10-6-11-24-45/h4-37,39-42,61H,2,38H2,1,3H3/b20-4-. The third-order valence-corrected chi connectivity index (χ3v) is 15.7. The summed E-state index contributed by atoms with van der Waals surface area (Å²) in [4.78, 5) is 2.57. The predicted molar refractivity (Wildman–Crippen MR) is 310 cm³/mol. The van der Waals surface area contributed by atoms with Gasteiger partial charge in [-0.05, 0) is 122 Å². The molecule has 5 heteroatoms. The zero-order valence-electron chi connectivity index (χ0n) is 40.7. The minimum Gasteiger partial charge on any atom is -0.333 e. The van der Waals surface area contributed by atoms with E-state index in [9.17, 15) is 0 Å². The van der Waals surface area contributed by atoms with Crippen molar-refractivity contribution in [1.82, 2.24) is 18.3 Å². The normalized spacial score (nSPS) is 14.7. The van der Waals surface area contributed by atoms with Gasteiger partial charge in [-0.3, -0.25) is 0 Å². The summed E-state index contributed by atoms with van der Waals surface area (Å²) in [6.07, 6.45) is 10.2. The fourth-order valence-corrected chi connectivity index (χ4v) is 12.9. The minimum atomic E-state index is 0.113. The van der Waals surface area contributed by atoms with Crippen molar-refractivity contribution in [3.63, 3.8) is 0 Å². The van der Waals surface area contributed by atoms with E-state index in [4.69, 9.17) is 0 Å². The Morgan fingerprint density at radius 1 is 0.479 bits per heavy atom. The molecule has 0 radical (unpaired) electrons. The number of hydrogen-bond acceptors (Lipinski definition) is 1. The van der Waals surface area contributed by atoms with E-state index < -0.39 is 0 Å². The SMILES string of the molecule is C=C(C)c1c(/C=C\C)c2ccc3c(c4ccccc4n3-c3ccc4c(c3)C3=CC(n5c6ccccc6c6ccc7c(c8ccccc8n7-c7ccccc7)c65)=CCC3N4c3ccccc3)c2n1-c1ccccc1. The van der Waals surface area contributed by atoms with Gasteiger partial charge in [-0.1, -0.05) is 146 Å². The Balaban J connectivity index is 0.984. The molecule has 5 nitrogen and oxygen atoms in total. The largest absolute Gasteiger partial charge is 0.333 e.